The molecule has 0 aromatic heterocycles. The minimum atomic E-state index is -0.127. The first-order valence-electron chi connectivity index (χ1n) is 6.12. The van der Waals surface area contributed by atoms with Gasteiger partial charge in [0.25, 0.3) is 0 Å². The predicted octanol–water partition coefficient (Wildman–Crippen LogP) is 2.23. The molecule has 2 rings (SSSR count). The smallest absolute Gasteiger partial charge is 0.227 e. The van der Waals surface area contributed by atoms with Gasteiger partial charge in [0, 0.05) is 12.3 Å². The highest BCUT2D eigenvalue weighted by molar-refractivity contribution is 6.06. The zero-order chi connectivity index (χ0) is 13.3. The maximum atomic E-state index is 11.9. The van der Waals surface area contributed by atoms with Gasteiger partial charge >= 0.3 is 0 Å². The van der Waals surface area contributed by atoms with Crippen LogP contribution in [0, 0.1) is 12.8 Å². The SMILES string of the molecule is Cc1ccc2c(c1)CC(=O)C(NC(=O)C(C)C)=C2. The molecule has 0 fully saturated rings. The van der Waals surface area contributed by atoms with Crippen molar-refractivity contribution >= 4 is 17.8 Å². The second kappa shape index (κ2) is 4.77. The van der Waals surface area contributed by atoms with Gasteiger partial charge in [-0.25, -0.2) is 0 Å². The molecule has 1 aromatic carbocycles. The van der Waals surface area contributed by atoms with Crippen LogP contribution in [0.15, 0.2) is 23.9 Å². The van der Waals surface area contributed by atoms with Crippen molar-refractivity contribution in [3.8, 4) is 0 Å². The van der Waals surface area contributed by atoms with E-state index in [1.807, 2.05) is 25.1 Å². The molecule has 0 unspecified atom stereocenters. The van der Waals surface area contributed by atoms with Crippen molar-refractivity contribution in [3.05, 3.63) is 40.6 Å². The molecular weight excluding hydrogens is 226 g/mol. The molecule has 3 heteroatoms. The van der Waals surface area contributed by atoms with Crippen LogP contribution >= 0.6 is 0 Å². The number of nitrogens with one attached hydrogen (secondary N) is 1. The van der Waals surface area contributed by atoms with Gasteiger partial charge in [0.15, 0.2) is 5.78 Å². The lowest BCUT2D eigenvalue weighted by Crippen LogP contribution is -2.32. The van der Waals surface area contributed by atoms with Crippen LogP contribution in [0.1, 0.15) is 30.5 Å². The quantitative estimate of drug-likeness (QED) is 0.865. The van der Waals surface area contributed by atoms with E-state index in [4.69, 9.17) is 0 Å². The number of hydrogen-bond donors (Lipinski definition) is 1. The summed E-state index contributed by atoms with van der Waals surface area (Å²) in [4.78, 5) is 23.6. The Labute approximate surface area is 107 Å². The van der Waals surface area contributed by atoms with Gasteiger partial charge in [-0.1, -0.05) is 37.6 Å². The number of amides is 1. The van der Waals surface area contributed by atoms with E-state index in [0.717, 1.165) is 16.7 Å². The van der Waals surface area contributed by atoms with Crippen LogP contribution in [-0.4, -0.2) is 11.7 Å². The number of fused-ring (bicyclic) bond motifs is 1. The molecule has 1 aliphatic carbocycles. The Morgan fingerprint density at radius 3 is 2.72 bits per heavy atom. The number of Topliss-reactive ketones (excluding diaryl/α,β-unsaturated/α-hetero) is 1. The zero-order valence-electron chi connectivity index (χ0n) is 10.9. The fourth-order valence-corrected chi connectivity index (χ4v) is 1.92. The number of benzene rings is 1. The van der Waals surface area contributed by atoms with Crippen molar-refractivity contribution in [1.82, 2.24) is 5.32 Å². The summed E-state index contributed by atoms with van der Waals surface area (Å²) in [5, 5.41) is 2.70. The molecule has 0 atom stereocenters. The Morgan fingerprint density at radius 1 is 1.33 bits per heavy atom. The van der Waals surface area contributed by atoms with Crippen LogP contribution in [-0.2, 0) is 16.0 Å². The maximum absolute atomic E-state index is 11.9. The summed E-state index contributed by atoms with van der Waals surface area (Å²) < 4.78 is 0. The molecule has 1 N–H and O–H groups in total. The third-order valence-corrected chi connectivity index (χ3v) is 3.03. The van der Waals surface area contributed by atoms with Crippen molar-refractivity contribution in [1.29, 1.82) is 0 Å². The Morgan fingerprint density at radius 2 is 2.06 bits per heavy atom. The van der Waals surface area contributed by atoms with E-state index in [9.17, 15) is 9.59 Å². The Bertz CT molecular complexity index is 541. The lowest BCUT2D eigenvalue weighted by molar-refractivity contribution is -0.125. The molecule has 0 heterocycles. The second-order valence-corrected chi connectivity index (χ2v) is 5.00. The van der Waals surface area contributed by atoms with Crippen LogP contribution in [0.2, 0.25) is 0 Å². The van der Waals surface area contributed by atoms with Crippen LogP contribution in [0.25, 0.3) is 6.08 Å². The molecule has 0 radical (unpaired) electrons. The molecule has 0 spiro atoms. The average Bonchev–Trinajstić information content (AvgIpc) is 2.30. The van der Waals surface area contributed by atoms with Crippen LogP contribution in [0.3, 0.4) is 0 Å². The first kappa shape index (κ1) is 12.6. The van der Waals surface area contributed by atoms with Gasteiger partial charge in [0.1, 0.15) is 0 Å². The van der Waals surface area contributed by atoms with Gasteiger partial charge in [-0.3, -0.25) is 9.59 Å². The van der Waals surface area contributed by atoms with E-state index in [1.165, 1.54) is 0 Å². The average molecular weight is 243 g/mol. The number of allylic oxidation sites excluding steroid dienone is 1. The molecular formula is C15H17NO2. The number of carbonyl (C=O) groups excluding carboxylic acids is 2. The first-order valence-corrected chi connectivity index (χ1v) is 6.12. The van der Waals surface area contributed by atoms with E-state index in [-0.39, 0.29) is 17.6 Å². The highest BCUT2D eigenvalue weighted by Crippen LogP contribution is 2.21. The standard InChI is InChI=1S/C15H17NO2/c1-9(2)15(18)16-13-7-11-5-4-10(3)6-12(11)8-14(13)17/h4-7,9H,8H2,1-3H3,(H,16,18). The van der Waals surface area contributed by atoms with Gasteiger partial charge in [0.05, 0.1) is 5.70 Å². The van der Waals surface area contributed by atoms with Gasteiger partial charge in [-0.15, -0.1) is 0 Å². The van der Waals surface area contributed by atoms with E-state index < -0.39 is 0 Å². The fraction of sp³-hybridized carbons (Fsp3) is 0.333. The fourth-order valence-electron chi connectivity index (χ4n) is 1.92. The van der Waals surface area contributed by atoms with Crippen molar-refractivity contribution in [2.45, 2.75) is 27.2 Å². The number of rotatable bonds is 2. The molecule has 3 nitrogen and oxygen atoms in total. The van der Waals surface area contributed by atoms with E-state index in [0.29, 0.717) is 12.1 Å². The maximum Gasteiger partial charge on any atom is 0.227 e. The number of aryl methyl sites for hydroxylation is 1. The minimum Gasteiger partial charge on any atom is -0.323 e. The largest absolute Gasteiger partial charge is 0.323 e. The molecule has 18 heavy (non-hydrogen) atoms. The molecule has 1 aromatic rings. The highest BCUT2D eigenvalue weighted by atomic mass is 16.2. The zero-order valence-corrected chi connectivity index (χ0v) is 10.9. The lowest BCUT2D eigenvalue weighted by atomic mass is 9.93. The van der Waals surface area contributed by atoms with Crippen LogP contribution in [0.4, 0.5) is 0 Å². The van der Waals surface area contributed by atoms with E-state index in [2.05, 4.69) is 5.32 Å². The minimum absolute atomic E-state index is 0.0258. The summed E-state index contributed by atoms with van der Waals surface area (Å²) in [5.74, 6) is -0.273. The van der Waals surface area contributed by atoms with Crippen molar-refractivity contribution in [2.24, 2.45) is 5.92 Å². The molecule has 0 bridgehead atoms. The van der Waals surface area contributed by atoms with Gasteiger partial charge in [-0.2, -0.15) is 0 Å². The Balaban J connectivity index is 2.30. The molecule has 0 saturated heterocycles. The summed E-state index contributed by atoms with van der Waals surface area (Å²) in [5.41, 5.74) is 3.59. The monoisotopic (exact) mass is 243 g/mol. The topological polar surface area (TPSA) is 46.2 Å². The predicted molar refractivity (Wildman–Crippen MR) is 70.8 cm³/mol. The van der Waals surface area contributed by atoms with Crippen molar-refractivity contribution in [2.75, 3.05) is 0 Å². The second-order valence-electron chi connectivity index (χ2n) is 5.00. The van der Waals surface area contributed by atoms with E-state index in [1.54, 1.807) is 19.9 Å². The first-order chi connectivity index (χ1) is 8.47. The summed E-state index contributed by atoms with van der Waals surface area (Å²) in [6.45, 7) is 5.62. The third kappa shape index (κ3) is 2.50. The molecule has 94 valence electrons. The summed E-state index contributed by atoms with van der Waals surface area (Å²) >= 11 is 0. The number of ketones is 1. The highest BCUT2D eigenvalue weighted by Gasteiger charge is 2.20. The van der Waals surface area contributed by atoms with Crippen molar-refractivity contribution < 1.29 is 9.59 Å². The van der Waals surface area contributed by atoms with Crippen LogP contribution < -0.4 is 5.32 Å². The van der Waals surface area contributed by atoms with Gasteiger partial charge in [-0.05, 0) is 24.1 Å². The summed E-state index contributed by atoms with van der Waals surface area (Å²) in [7, 11) is 0. The third-order valence-electron chi connectivity index (χ3n) is 3.03. The Kier molecular flexibility index (Phi) is 3.32. The van der Waals surface area contributed by atoms with Crippen molar-refractivity contribution in [3.63, 3.8) is 0 Å². The molecule has 1 amide bonds. The summed E-state index contributed by atoms with van der Waals surface area (Å²) in [6.07, 6.45) is 2.13. The van der Waals surface area contributed by atoms with Gasteiger partial charge in [0.2, 0.25) is 5.91 Å². The summed E-state index contributed by atoms with van der Waals surface area (Å²) in [6, 6.07) is 6.01. The van der Waals surface area contributed by atoms with E-state index >= 15 is 0 Å². The number of hydrogen-bond acceptors (Lipinski definition) is 2. The lowest BCUT2D eigenvalue weighted by Gasteiger charge is -2.17. The van der Waals surface area contributed by atoms with Gasteiger partial charge < -0.3 is 5.32 Å². The normalized spacial score (nSPS) is 14.2. The number of carbonyl (C=O) groups is 2. The molecule has 1 aliphatic rings. The Hall–Kier alpha value is -1.90. The molecule has 0 aliphatic heterocycles. The van der Waals surface area contributed by atoms with Crippen LogP contribution in [0.5, 0.6) is 0 Å². The molecule has 0 saturated carbocycles.